The number of hydrogen-bond acceptors (Lipinski definition) is 1. The summed E-state index contributed by atoms with van der Waals surface area (Å²) in [6.07, 6.45) is 2.51. The lowest BCUT2D eigenvalue weighted by Gasteiger charge is -2.36. The summed E-state index contributed by atoms with van der Waals surface area (Å²) in [6, 6.07) is 9.09. The van der Waals surface area contributed by atoms with Crippen LogP contribution in [0.3, 0.4) is 0 Å². The highest BCUT2D eigenvalue weighted by Gasteiger charge is 2.21. The lowest BCUT2D eigenvalue weighted by molar-refractivity contribution is 0.357. The van der Waals surface area contributed by atoms with E-state index >= 15 is 0 Å². The molecule has 0 bridgehead atoms. The third kappa shape index (κ3) is 2.58. The molecule has 1 aromatic carbocycles. The largest absolute Gasteiger partial charge is 0.371 e. The molecule has 0 amide bonds. The number of anilines is 1. The van der Waals surface area contributed by atoms with Crippen molar-refractivity contribution in [3.05, 3.63) is 29.8 Å². The van der Waals surface area contributed by atoms with Crippen LogP contribution in [0.5, 0.6) is 0 Å². The van der Waals surface area contributed by atoms with Crippen LogP contribution in [0.4, 0.5) is 5.69 Å². The van der Waals surface area contributed by atoms with Crippen molar-refractivity contribution >= 4 is 5.69 Å². The lowest BCUT2D eigenvalue weighted by Crippen LogP contribution is -2.38. The van der Waals surface area contributed by atoms with Gasteiger partial charge in [-0.3, -0.25) is 0 Å². The Morgan fingerprint density at radius 2 is 1.62 bits per heavy atom. The van der Waals surface area contributed by atoms with E-state index in [-0.39, 0.29) is 0 Å². The molecule has 1 aliphatic heterocycles. The second-order valence-corrected chi connectivity index (χ2v) is 5.37. The second kappa shape index (κ2) is 4.90. The molecule has 0 aromatic heterocycles. The van der Waals surface area contributed by atoms with Crippen molar-refractivity contribution in [1.29, 1.82) is 0 Å². The average molecular weight is 217 g/mol. The fraction of sp³-hybridized carbons (Fsp3) is 0.600. The second-order valence-electron chi connectivity index (χ2n) is 5.37. The molecule has 2 rings (SSSR count). The van der Waals surface area contributed by atoms with E-state index in [4.69, 9.17) is 0 Å². The zero-order chi connectivity index (χ0) is 11.5. The number of aryl methyl sites for hydroxylation is 1. The molecular formula is C15H23N. The highest BCUT2D eigenvalue weighted by Crippen LogP contribution is 2.26. The first-order valence-electron chi connectivity index (χ1n) is 6.53. The molecule has 1 fully saturated rings. The van der Waals surface area contributed by atoms with Crippen LogP contribution in [0.25, 0.3) is 0 Å². The number of rotatable bonds is 2. The Morgan fingerprint density at radius 1 is 1.06 bits per heavy atom. The highest BCUT2D eigenvalue weighted by molar-refractivity contribution is 5.48. The average Bonchev–Trinajstić information content (AvgIpc) is 2.28. The van der Waals surface area contributed by atoms with Gasteiger partial charge in [0.05, 0.1) is 0 Å². The quantitative estimate of drug-likeness (QED) is 0.729. The summed E-state index contributed by atoms with van der Waals surface area (Å²) < 4.78 is 0. The molecule has 88 valence electrons. The van der Waals surface area contributed by atoms with Crippen molar-refractivity contribution in [3.63, 3.8) is 0 Å². The smallest absolute Gasteiger partial charge is 0.0366 e. The van der Waals surface area contributed by atoms with Gasteiger partial charge < -0.3 is 4.90 Å². The van der Waals surface area contributed by atoms with Gasteiger partial charge in [-0.15, -0.1) is 0 Å². The number of piperidine rings is 1. The Kier molecular flexibility index (Phi) is 3.52. The highest BCUT2D eigenvalue weighted by atomic mass is 15.1. The fourth-order valence-electron chi connectivity index (χ4n) is 2.82. The van der Waals surface area contributed by atoms with Gasteiger partial charge in [0.2, 0.25) is 0 Å². The van der Waals surface area contributed by atoms with Crippen molar-refractivity contribution in [2.24, 2.45) is 11.8 Å². The summed E-state index contributed by atoms with van der Waals surface area (Å²) in [5.74, 6) is 1.66. The van der Waals surface area contributed by atoms with E-state index in [9.17, 15) is 0 Å². The van der Waals surface area contributed by atoms with Crippen molar-refractivity contribution in [2.45, 2.75) is 33.6 Å². The first kappa shape index (κ1) is 11.5. The first-order valence-corrected chi connectivity index (χ1v) is 6.53. The van der Waals surface area contributed by atoms with Crippen LogP contribution in [0.2, 0.25) is 0 Å². The Morgan fingerprint density at radius 3 is 2.12 bits per heavy atom. The summed E-state index contributed by atoms with van der Waals surface area (Å²) in [7, 11) is 0. The molecule has 1 aromatic rings. The minimum absolute atomic E-state index is 0.828. The van der Waals surface area contributed by atoms with E-state index in [0.29, 0.717) is 0 Å². The van der Waals surface area contributed by atoms with Crippen LogP contribution in [0.1, 0.15) is 32.8 Å². The van der Waals surface area contributed by atoms with Crippen molar-refractivity contribution in [1.82, 2.24) is 0 Å². The van der Waals surface area contributed by atoms with Gasteiger partial charge in [0.1, 0.15) is 0 Å². The van der Waals surface area contributed by atoms with Crippen molar-refractivity contribution < 1.29 is 0 Å². The molecule has 2 atom stereocenters. The predicted molar refractivity (Wildman–Crippen MR) is 71.0 cm³/mol. The zero-order valence-electron chi connectivity index (χ0n) is 10.7. The molecule has 0 aliphatic carbocycles. The third-order valence-electron chi connectivity index (χ3n) is 3.58. The van der Waals surface area contributed by atoms with Gasteiger partial charge in [0.15, 0.2) is 0 Å². The van der Waals surface area contributed by atoms with E-state index < -0.39 is 0 Å². The van der Waals surface area contributed by atoms with E-state index in [0.717, 1.165) is 18.3 Å². The summed E-state index contributed by atoms with van der Waals surface area (Å²) in [5.41, 5.74) is 2.83. The van der Waals surface area contributed by atoms with Gasteiger partial charge in [-0.2, -0.15) is 0 Å². The topological polar surface area (TPSA) is 3.24 Å². The molecule has 0 radical (unpaired) electrons. The van der Waals surface area contributed by atoms with Crippen LogP contribution in [0.15, 0.2) is 24.3 Å². The van der Waals surface area contributed by atoms with Gasteiger partial charge >= 0.3 is 0 Å². The molecule has 0 saturated carbocycles. The Balaban J connectivity index is 2.10. The van der Waals surface area contributed by atoms with Crippen LogP contribution in [-0.4, -0.2) is 13.1 Å². The van der Waals surface area contributed by atoms with Crippen LogP contribution < -0.4 is 4.90 Å². The SMILES string of the molecule is CCc1ccc(N2C[C@H](C)C[C@H](C)C2)cc1. The first-order chi connectivity index (χ1) is 7.69. The molecule has 0 N–H and O–H groups in total. The number of nitrogens with zero attached hydrogens (tertiary/aromatic N) is 1. The van der Waals surface area contributed by atoms with E-state index in [1.807, 2.05) is 0 Å². The van der Waals surface area contributed by atoms with E-state index in [1.54, 1.807) is 0 Å². The van der Waals surface area contributed by atoms with Gasteiger partial charge in [-0.1, -0.05) is 32.9 Å². The third-order valence-corrected chi connectivity index (χ3v) is 3.58. The predicted octanol–water partition coefficient (Wildman–Crippen LogP) is 3.73. The maximum absolute atomic E-state index is 2.54. The Labute approximate surface area is 99.5 Å². The summed E-state index contributed by atoms with van der Waals surface area (Å²) in [5, 5.41) is 0. The fourth-order valence-corrected chi connectivity index (χ4v) is 2.82. The van der Waals surface area contributed by atoms with Gasteiger partial charge in [-0.25, -0.2) is 0 Å². The normalized spacial score (nSPS) is 25.8. The van der Waals surface area contributed by atoms with Gasteiger partial charge in [-0.05, 0) is 42.4 Å². The van der Waals surface area contributed by atoms with Crippen molar-refractivity contribution in [2.75, 3.05) is 18.0 Å². The zero-order valence-corrected chi connectivity index (χ0v) is 10.7. The summed E-state index contributed by atoms with van der Waals surface area (Å²) >= 11 is 0. The van der Waals surface area contributed by atoms with Crippen LogP contribution in [-0.2, 0) is 6.42 Å². The minimum atomic E-state index is 0.828. The van der Waals surface area contributed by atoms with E-state index in [2.05, 4.69) is 49.9 Å². The molecule has 1 nitrogen and oxygen atoms in total. The lowest BCUT2D eigenvalue weighted by atomic mass is 9.91. The minimum Gasteiger partial charge on any atom is -0.371 e. The van der Waals surface area contributed by atoms with Gasteiger partial charge in [0, 0.05) is 18.8 Å². The molecule has 1 heterocycles. The maximum atomic E-state index is 2.54. The maximum Gasteiger partial charge on any atom is 0.0366 e. The summed E-state index contributed by atoms with van der Waals surface area (Å²) in [6.45, 7) is 9.37. The molecule has 1 saturated heterocycles. The van der Waals surface area contributed by atoms with Crippen LogP contribution >= 0.6 is 0 Å². The van der Waals surface area contributed by atoms with E-state index in [1.165, 1.54) is 30.8 Å². The standard InChI is InChI=1S/C15H23N/c1-4-14-5-7-15(8-6-14)16-10-12(2)9-13(3)11-16/h5-8,12-13H,4,9-11H2,1-3H3/t12-,13+. The molecule has 1 aliphatic rings. The monoisotopic (exact) mass is 217 g/mol. The van der Waals surface area contributed by atoms with Crippen LogP contribution in [0, 0.1) is 11.8 Å². The van der Waals surface area contributed by atoms with Crippen molar-refractivity contribution in [3.8, 4) is 0 Å². The molecule has 16 heavy (non-hydrogen) atoms. The number of hydrogen-bond donors (Lipinski definition) is 0. The molecule has 0 unspecified atom stereocenters. The molecule has 0 spiro atoms. The molecule has 1 heteroatoms. The Bertz CT molecular complexity index is 318. The Hall–Kier alpha value is -0.980. The number of benzene rings is 1. The molecular weight excluding hydrogens is 194 g/mol. The van der Waals surface area contributed by atoms with Gasteiger partial charge in [0.25, 0.3) is 0 Å². The summed E-state index contributed by atoms with van der Waals surface area (Å²) in [4.78, 5) is 2.54.